The summed E-state index contributed by atoms with van der Waals surface area (Å²) in [6.07, 6.45) is 0. The van der Waals surface area contributed by atoms with Crippen molar-refractivity contribution in [2.24, 2.45) is 0 Å². The summed E-state index contributed by atoms with van der Waals surface area (Å²) in [4.78, 5) is 0. The first-order chi connectivity index (χ1) is 15.0. The quantitative estimate of drug-likeness (QED) is 0.304. The topological polar surface area (TPSA) is 47.6 Å². The molecule has 0 aromatic carbocycles. The van der Waals surface area contributed by atoms with Crippen molar-refractivity contribution in [3.63, 3.8) is 0 Å². The monoisotopic (exact) mass is 666 g/mol. The molecule has 0 aliphatic heterocycles. The smallest absolute Gasteiger partial charge is 1.00 e. The fourth-order valence-corrected chi connectivity index (χ4v) is 9.00. The van der Waals surface area contributed by atoms with Crippen LogP contribution in [0.5, 0.6) is 0 Å². The van der Waals surface area contributed by atoms with Crippen molar-refractivity contribution >= 4 is 27.2 Å². The molecule has 0 fully saturated rings. The van der Waals surface area contributed by atoms with E-state index in [-0.39, 0.29) is 68.2 Å². The molecule has 0 bridgehead atoms. The van der Waals surface area contributed by atoms with Crippen LogP contribution in [-0.4, -0.2) is 38.2 Å². The van der Waals surface area contributed by atoms with Gasteiger partial charge in [-0.3, -0.25) is 0 Å². The molecule has 0 aliphatic carbocycles. The molecule has 0 aromatic rings. The molecular formula is C30H56Cl2N2Si2Ti2. The molecule has 38 heavy (non-hydrogen) atoms. The molecule has 0 aromatic heterocycles. The van der Waals surface area contributed by atoms with E-state index < -0.39 is 27.9 Å². The van der Waals surface area contributed by atoms with Gasteiger partial charge < -0.3 is 36.3 Å². The second-order valence-corrected chi connectivity index (χ2v) is 16.8. The summed E-state index contributed by atoms with van der Waals surface area (Å²) in [7, 11) is -1.17. The number of nitrogens with one attached hydrogen (secondary N) is 2. The molecule has 2 nitrogen and oxygen atoms in total. The Kier molecular flexibility index (Phi) is 29.6. The second kappa shape index (κ2) is 21.7. The third-order valence-electron chi connectivity index (χ3n) is 6.75. The van der Waals surface area contributed by atoms with Crippen molar-refractivity contribution in [2.75, 3.05) is 0 Å². The summed E-state index contributed by atoms with van der Waals surface area (Å²) < 4.78 is 0. The van der Waals surface area contributed by atoms with E-state index in [0.717, 1.165) is 0 Å². The Morgan fingerprint density at radius 2 is 0.605 bits per heavy atom. The van der Waals surface area contributed by atoms with E-state index in [0.29, 0.717) is 0 Å². The number of rotatable bonds is 6. The van der Waals surface area contributed by atoms with Gasteiger partial charge in [0, 0.05) is 16.8 Å². The maximum Gasteiger partial charge on any atom is 2.00 e. The van der Waals surface area contributed by atoms with Crippen LogP contribution in [0.15, 0.2) is 44.6 Å². The zero-order valence-corrected chi connectivity index (χ0v) is 34.4. The van der Waals surface area contributed by atoms with E-state index in [2.05, 4.69) is 95.4 Å². The molecule has 0 saturated carbocycles. The maximum atomic E-state index is 8.33. The Balaban J connectivity index is -0.000000122. The molecule has 0 unspecified atom stereocenters. The molecule has 0 aliphatic rings. The molecule has 2 N–H and O–H groups in total. The minimum absolute atomic E-state index is 0. The molecule has 0 rings (SSSR count). The molecule has 8 heteroatoms. The summed E-state index contributed by atoms with van der Waals surface area (Å²) in [6, 6.07) is 0. The molecule has 0 saturated heterocycles. The fraction of sp³-hybridized carbons (Fsp3) is 0.667. The Labute approximate surface area is 283 Å². The summed E-state index contributed by atoms with van der Waals surface area (Å²) in [5.41, 5.74) is 26.6. The normalized spacial score (nSPS) is 11.7. The zero-order valence-electron chi connectivity index (χ0n) is 27.8. The van der Waals surface area contributed by atoms with E-state index in [1.165, 1.54) is 54.9 Å². The zero-order chi connectivity index (χ0) is 27.9. The summed E-state index contributed by atoms with van der Waals surface area (Å²) in [5.74, 6) is 0. The van der Waals surface area contributed by atoms with Crippen molar-refractivity contribution in [3.05, 3.63) is 56.1 Å². The van der Waals surface area contributed by atoms with Crippen molar-refractivity contribution in [3.8, 4) is 0 Å². The van der Waals surface area contributed by atoms with Crippen LogP contribution in [0.25, 0.3) is 11.5 Å². The van der Waals surface area contributed by atoms with Gasteiger partial charge in [0.25, 0.3) is 0 Å². The van der Waals surface area contributed by atoms with Gasteiger partial charge in [-0.05, 0) is 91.5 Å². The van der Waals surface area contributed by atoms with E-state index in [9.17, 15) is 0 Å². The third kappa shape index (κ3) is 17.1. The van der Waals surface area contributed by atoms with Crippen LogP contribution < -0.4 is 24.8 Å². The minimum Gasteiger partial charge on any atom is -1.00 e. The maximum absolute atomic E-state index is 8.33. The average Bonchev–Trinajstić information content (AvgIpc) is 2.62. The first-order valence-electron chi connectivity index (χ1n) is 12.5. The largest absolute Gasteiger partial charge is 2.00 e. The first-order valence-corrected chi connectivity index (χ1v) is 17.5. The number of hydrogen-bond donors (Lipinski definition) is 0. The van der Waals surface area contributed by atoms with Crippen LogP contribution in [0.4, 0.5) is 0 Å². The van der Waals surface area contributed by atoms with Crippen LogP contribution >= 0.6 is 0 Å². The van der Waals surface area contributed by atoms with Crippen LogP contribution in [-0.2, 0) is 43.4 Å². The Bertz CT molecular complexity index is 864. The van der Waals surface area contributed by atoms with Crippen molar-refractivity contribution in [1.29, 1.82) is 0 Å². The second-order valence-electron chi connectivity index (χ2n) is 11.8. The number of halogens is 2. The van der Waals surface area contributed by atoms with Gasteiger partial charge >= 0.3 is 43.4 Å². The SMILES string of the molecule is CC(C)=C(C)/C(C)=C(\C)C(=[Si](C)C)C(C)(C)[NH-].CC(C)=C(C)/C(C)=C(\C)C(=[Si](C)C)C(C)(C)[NH-].[Cl-].[Cl-].[Ti+2].[Ti+2]. The van der Waals surface area contributed by atoms with Crippen molar-refractivity contribution < 1.29 is 68.2 Å². The van der Waals surface area contributed by atoms with Gasteiger partial charge in [0.1, 0.15) is 0 Å². The molecule has 0 spiro atoms. The predicted molar refractivity (Wildman–Crippen MR) is 167 cm³/mol. The fourth-order valence-electron chi connectivity index (χ4n) is 4.62. The molecule has 0 atom stereocenters. The first kappa shape index (κ1) is 51.8. The van der Waals surface area contributed by atoms with Crippen LogP contribution in [0.1, 0.15) is 96.9 Å². The number of hydrogen-bond acceptors (Lipinski definition) is 0. The Morgan fingerprint density at radius 1 is 0.421 bits per heavy atom. The molecular weight excluding hydrogens is 611 g/mol. The minimum atomic E-state index is -0.584. The summed E-state index contributed by atoms with van der Waals surface area (Å²) >= 11 is 0. The number of allylic oxidation sites excluding steroid dienone is 6. The van der Waals surface area contributed by atoms with Gasteiger partial charge in [-0.25, -0.2) is 0 Å². The van der Waals surface area contributed by atoms with E-state index in [1.54, 1.807) is 0 Å². The van der Waals surface area contributed by atoms with Crippen LogP contribution in [0.3, 0.4) is 0 Å². The van der Waals surface area contributed by atoms with Crippen LogP contribution in [0.2, 0.25) is 26.2 Å². The third-order valence-corrected chi connectivity index (χ3v) is 10.8. The van der Waals surface area contributed by atoms with Crippen LogP contribution in [0, 0.1) is 0 Å². The predicted octanol–water partition coefficient (Wildman–Crippen LogP) is 4.04. The Morgan fingerprint density at radius 3 is 0.711 bits per heavy atom. The van der Waals surface area contributed by atoms with Gasteiger partial charge in [0.15, 0.2) is 0 Å². The van der Waals surface area contributed by atoms with E-state index in [1.807, 2.05) is 27.7 Å². The molecule has 0 heterocycles. The van der Waals surface area contributed by atoms with Crippen molar-refractivity contribution in [2.45, 2.75) is 134 Å². The van der Waals surface area contributed by atoms with Gasteiger partial charge in [0.2, 0.25) is 0 Å². The van der Waals surface area contributed by atoms with Gasteiger partial charge in [-0.1, -0.05) is 86.5 Å². The Hall–Kier alpha value is 1.06. The average molecular weight is 668 g/mol. The summed E-state index contributed by atoms with van der Waals surface area (Å²) in [5, 5.41) is 2.70. The summed E-state index contributed by atoms with van der Waals surface area (Å²) in [6.45, 7) is 38.9. The van der Waals surface area contributed by atoms with Gasteiger partial charge in [-0.15, -0.1) is 11.1 Å². The van der Waals surface area contributed by atoms with Gasteiger partial charge in [0.05, 0.1) is 0 Å². The molecule has 216 valence electrons. The van der Waals surface area contributed by atoms with E-state index in [4.69, 9.17) is 11.5 Å². The molecule has 0 amide bonds. The molecule has 0 radical (unpaired) electrons. The van der Waals surface area contributed by atoms with Crippen molar-refractivity contribution in [1.82, 2.24) is 0 Å². The van der Waals surface area contributed by atoms with Gasteiger partial charge in [-0.2, -0.15) is 0 Å². The standard InChI is InChI=1S/2C15H28NSi.2ClH.2Ti/c2*1-10(2)11(3)12(4)13(5)14(17(8)9)15(6,7)16;;;;/h2*16H,1-9H3;2*1H;;/q2*-1;;;2*+2/p-2/b2*13-12+;;;;. The van der Waals surface area contributed by atoms with E-state index >= 15 is 0 Å².